The highest BCUT2D eigenvalue weighted by Crippen LogP contribution is 2.29. The van der Waals surface area contributed by atoms with Gasteiger partial charge in [0.05, 0.1) is 6.07 Å². The Kier molecular flexibility index (Phi) is 6.38. The molecular formula is C12H20N2O2S. The Labute approximate surface area is 107 Å². The third-order valence-corrected chi connectivity index (χ3v) is 3.94. The third kappa shape index (κ3) is 4.21. The van der Waals surface area contributed by atoms with Crippen molar-refractivity contribution in [3.63, 3.8) is 0 Å². The molecule has 0 aromatic carbocycles. The van der Waals surface area contributed by atoms with Crippen molar-refractivity contribution in [1.29, 1.82) is 5.26 Å². The molecule has 1 heterocycles. The Bertz CT molecular complexity index is 283. The molecule has 1 aliphatic heterocycles. The fourth-order valence-electron chi connectivity index (χ4n) is 1.80. The van der Waals surface area contributed by atoms with Crippen LogP contribution in [0.1, 0.15) is 26.2 Å². The van der Waals surface area contributed by atoms with Crippen LogP contribution in [0.5, 0.6) is 0 Å². The van der Waals surface area contributed by atoms with Crippen LogP contribution in [0.25, 0.3) is 0 Å². The van der Waals surface area contributed by atoms with E-state index in [9.17, 15) is 10.1 Å². The summed E-state index contributed by atoms with van der Waals surface area (Å²) in [6.45, 7) is 3.80. The first kappa shape index (κ1) is 14.3. The molecular weight excluding hydrogens is 236 g/mol. The summed E-state index contributed by atoms with van der Waals surface area (Å²) in [4.78, 5) is 12.0. The third-order valence-electron chi connectivity index (χ3n) is 2.95. The monoisotopic (exact) mass is 256 g/mol. The molecule has 1 N–H and O–H groups in total. The van der Waals surface area contributed by atoms with Gasteiger partial charge in [-0.1, -0.05) is 6.92 Å². The summed E-state index contributed by atoms with van der Waals surface area (Å²) in [6, 6.07) is 2.17. The van der Waals surface area contributed by atoms with Crippen molar-refractivity contribution in [3.05, 3.63) is 0 Å². The van der Waals surface area contributed by atoms with Crippen molar-refractivity contribution in [2.45, 2.75) is 26.2 Å². The summed E-state index contributed by atoms with van der Waals surface area (Å²) < 4.78 is 5.20. The molecule has 4 nitrogen and oxygen atoms in total. The lowest BCUT2D eigenvalue weighted by molar-refractivity contribution is -0.132. The molecule has 17 heavy (non-hydrogen) atoms. The zero-order valence-corrected chi connectivity index (χ0v) is 11.1. The lowest BCUT2D eigenvalue weighted by atomic mass is 9.81. The molecule has 5 heteroatoms. The summed E-state index contributed by atoms with van der Waals surface area (Å²) in [5.41, 5.74) is -0.851. The quantitative estimate of drug-likeness (QED) is 0.733. The summed E-state index contributed by atoms with van der Waals surface area (Å²) in [7, 11) is 0. The van der Waals surface area contributed by atoms with Crippen LogP contribution in [0.2, 0.25) is 0 Å². The van der Waals surface area contributed by atoms with Gasteiger partial charge in [-0.2, -0.15) is 17.0 Å². The molecule has 0 aromatic heterocycles. The van der Waals surface area contributed by atoms with Gasteiger partial charge in [0.1, 0.15) is 5.41 Å². The standard InChI is InChI=1S/C12H20N2O2S/c1-2-17-9-3-6-14-11(15)12(10-13)4-7-16-8-5-12/h2-9H2,1H3,(H,14,15). The van der Waals surface area contributed by atoms with Gasteiger partial charge in [0.2, 0.25) is 5.91 Å². The van der Waals surface area contributed by atoms with E-state index in [1.165, 1.54) is 0 Å². The minimum atomic E-state index is -0.851. The number of amides is 1. The van der Waals surface area contributed by atoms with Crippen LogP contribution in [-0.4, -0.2) is 37.2 Å². The summed E-state index contributed by atoms with van der Waals surface area (Å²) in [6.07, 6.45) is 1.99. The van der Waals surface area contributed by atoms with Crippen LogP contribution in [0, 0.1) is 16.7 Å². The smallest absolute Gasteiger partial charge is 0.240 e. The summed E-state index contributed by atoms with van der Waals surface area (Å²) >= 11 is 1.86. The van der Waals surface area contributed by atoms with Crippen molar-refractivity contribution in [3.8, 4) is 6.07 Å². The minimum Gasteiger partial charge on any atom is -0.381 e. The van der Waals surface area contributed by atoms with Crippen molar-refractivity contribution in [2.24, 2.45) is 5.41 Å². The van der Waals surface area contributed by atoms with Crippen molar-refractivity contribution < 1.29 is 9.53 Å². The maximum atomic E-state index is 12.0. The van der Waals surface area contributed by atoms with E-state index in [0.29, 0.717) is 32.6 Å². The van der Waals surface area contributed by atoms with E-state index in [-0.39, 0.29) is 5.91 Å². The van der Waals surface area contributed by atoms with Crippen LogP contribution >= 0.6 is 11.8 Å². The number of nitrogens with one attached hydrogen (secondary N) is 1. The van der Waals surface area contributed by atoms with Gasteiger partial charge in [-0.3, -0.25) is 4.79 Å². The molecule has 0 unspecified atom stereocenters. The number of hydrogen-bond acceptors (Lipinski definition) is 4. The van der Waals surface area contributed by atoms with Crippen LogP contribution in [0.3, 0.4) is 0 Å². The molecule has 96 valence electrons. The zero-order valence-electron chi connectivity index (χ0n) is 10.3. The van der Waals surface area contributed by atoms with Crippen molar-refractivity contribution in [2.75, 3.05) is 31.3 Å². The molecule has 0 radical (unpaired) electrons. The van der Waals surface area contributed by atoms with Gasteiger partial charge < -0.3 is 10.1 Å². The molecule has 0 saturated carbocycles. The molecule has 1 fully saturated rings. The first-order valence-electron chi connectivity index (χ1n) is 6.10. The van der Waals surface area contributed by atoms with Crippen LogP contribution in [-0.2, 0) is 9.53 Å². The Morgan fingerprint density at radius 1 is 1.53 bits per heavy atom. The Morgan fingerprint density at radius 2 is 2.24 bits per heavy atom. The number of thioether (sulfide) groups is 1. The predicted octanol–water partition coefficient (Wildman–Crippen LogP) is 1.57. The van der Waals surface area contributed by atoms with Gasteiger partial charge in [0, 0.05) is 19.8 Å². The van der Waals surface area contributed by atoms with E-state index in [4.69, 9.17) is 4.74 Å². The number of hydrogen-bond donors (Lipinski definition) is 1. The fraction of sp³-hybridized carbons (Fsp3) is 0.833. The lowest BCUT2D eigenvalue weighted by Gasteiger charge is -2.29. The van der Waals surface area contributed by atoms with E-state index in [1.807, 2.05) is 11.8 Å². The van der Waals surface area contributed by atoms with Gasteiger partial charge in [-0.05, 0) is 30.8 Å². The highest BCUT2D eigenvalue weighted by atomic mass is 32.2. The van der Waals surface area contributed by atoms with E-state index >= 15 is 0 Å². The average Bonchev–Trinajstić information content (AvgIpc) is 2.39. The highest BCUT2D eigenvalue weighted by molar-refractivity contribution is 7.99. The molecule has 0 bridgehead atoms. The number of carbonyl (C=O) groups is 1. The second-order valence-electron chi connectivity index (χ2n) is 4.11. The molecule has 1 aliphatic rings. The second kappa shape index (κ2) is 7.57. The molecule has 1 saturated heterocycles. The minimum absolute atomic E-state index is 0.121. The normalized spacial score (nSPS) is 18.4. The molecule has 0 spiro atoms. The molecule has 1 rings (SSSR count). The largest absolute Gasteiger partial charge is 0.381 e. The fourth-order valence-corrected chi connectivity index (χ4v) is 2.44. The first-order chi connectivity index (χ1) is 8.25. The number of carbonyl (C=O) groups excluding carboxylic acids is 1. The van der Waals surface area contributed by atoms with E-state index in [1.54, 1.807) is 0 Å². The second-order valence-corrected chi connectivity index (χ2v) is 5.51. The molecule has 1 amide bonds. The maximum Gasteiger partial charge on any atom is 0.240 e. The first-order valence-corrected chi connectivity index (χ1v) is 7.25. The summed E-state index contributed by atoms with van der Waals surface area (Å²) in [5, 5.41) is 12.1. The Balaban J connectivity index is 2.32. The molecule has 0 aromatic rings. The topological polar surface area (TPSA) is 62.1 Å². The number of ether oxygens (including phenoxy) is 1. The van der Waals surface area contributed by atoms with Crippen LogP contribution in [0.4, 0.5) is 0 Å². The SMILES string of the molecule is CCSCCCNC(=O)C1(C#N)CCOCC1. The van der Waals surface area contributed by atoms with Crippen LogP contribution in [0.15, 0.2) is 0 Å². The Hall–Kier alpha value is -0.730. The number of nitrogens with zero attached hydrogens (tertiary/aromatic N) is 1. The van der Waals surface area contributed by atoms with E-state index < -0.39 is 5.41 Å². The Morgan fingerprint density at radius 3 is 2.82 bits per heavy atom. The van der Waals surface area contributed by atoms with E-state index in [2.05, 4.69) is 18.3 Å². The molecule has 0 aliphatic carbocycles. The van der Waals surface area contributed by atoms with Gasteiger partial charge in [-0.25, -0.2) is 0 Å². The zero-order chi connectivity index (χ0) is 12.6. The van der Waals surface area contributed by atoms with Crippen molar-refractivity contribution >= 4 is 17.7 Å². The highest BCUT2D eigenvalue weighted by Gasteiger charge is 2.40. The van der Waals surface area contributed by atoms with E-state index in [0.717, 1.165) is 17.9 Å². The van der Waals surface area contributed by atoms with Gasteiger partial charge in [0.25, 0.3) is 0 Å². The predicted molar refractivity (Wildman–Crippen MR) is 68.7 cm³/mol. The maximum absolute atomic E-state index is 12.0. The van der Waals surface area contributed by atoms with Gasteiger partial charge >= 0.3 is 0 Å². The van der Waals surface area contributed by atoms with Gasteiger partial charge in [-0.15, -0.1) is 0 Å². The number of rotatable bonds is 6. The van der Waals surface area contributed by atoms with Crippen molar-refractivity contribution in [1.82, 2.24) is 5.32 Å². The average molecular weight is 256 g/mol. The van der Waals surface area contributed by atoms with Gasteiger partial charge in [0.15, 0.2) is 0 Å². The van der Waals surface area contributed by atoms with Crippen LogP contribution < -0.4 is 5.32 Å². The number of nitriles is 1. The summed E-state index contributed by atoms with van der Waals surface area (Å²) in [5.74, 6) is 2.04. The molecule has 0 atom stereocenters. The lowest BCUT2D eigenvalue weighted by Crippen LogP contribution is -2.44.